The highest BCUT2D eigenvalue weighted by molar-refractivity contribution is 7.09. The number of carbonyl (C=O) groups is 1. The first kappa shape index (κ1) is 17.6. The van der Waals surface area contributed by atoms with E-state index in [0.29, 0.717) is 17.8 Å². The lowest BCUT2D eigenvalue weighted by molar-refractivity contribution is 0.0693. The fourth-order valence-corrected chi connectivity index (χ4v) is 3.15. The van der Waals surface area contributed by atoms with Gasteiger partial charge in [0.05, 0.1) is 12.1 Å². The van der Waals surface area contributed by atoms with Crippen LogP contribution in [0.4, 0.5) is 5.69 Å². The molecule has 0 atom stereocenters. The number of aromatic hydroxyl groups is 3. The van der Waals surface area contributed by atoms with Crippen molar-refractivity contribution in [3.63, 3.8) is 0 Å². The molecule has 26 heavy (non-hydrogen) atoms. The van der Waals surface area contributed by atoms with E-state index in [9.17, 15) is 25.2 Å². The average molecular weight is 372 g/mol. The van der Waals surface area contributed by atoms with Crippen LogP contribution < -0.4 is 4.90 Å². The van der Waals surface area contributed by atoms with Crippen LogP contribution in [-0.2, 0) is 13.1 Å². The van der Waals surface area contributed by atoms with Crippen LogP contribution in [0.15, 0.2) is 48.1 Å². The Labute approximate surface area is 153 Å². The number of phenolic OH excluding ortho intramolecular Hbond substituents is 2. The standard InChI is InChI=1S/C18H16N2O5S/c21-13-2-4-16(22)11(5-13)8-20(9-14-7-19-10-26-14)12-1-3-17(23)15(6-12)18(24)25/h1-7,10,21-23H,8-9H2,(H,24,25). The number of aromatic carboxylic acids is 1. The maximum absolute atomic E-state index is 11.3. The van der Waals surface area contributed by atoms with Gasteiger partial charge in [-0.25, -0.2) is 4.79 Å². The van der Waals surface area contributed by atoms with Gasteiger partial charge >= 0.3 is 5.97 Å². The average Bonchev–Trinajstić information content (AvgIpc) is 3.11. The molecule has 0 saturated carbocycles. The molecule has 0 unspecified atom stereocenters. The number of phenols is 3. The number of aromatic nitrogens is 1. The minimum absolute atomic E-state index is 0.0208. The molecule has 0 amide bonds. The molecule has 0 spiro atoms. The fourth-order valence-electron chi connectivity index (χ4n) is 2.54. The third-order valence-electron chi connectivity index (χ3n) is 3.83. The van der Waals surface area contributed by atoms with Gasteiger partial charge in [0.15, 0.2) is 0 Å². The molecule has 3 aromatic rings. The number of carboxylic acid groups (broad SMARTS) is 1. The summed E-state index contributed by atoms with van der Waals surface area (Å²) in [5.41, 5.74) is 2.52. The Morgan fingerprint density at radius 2 is 1.81 bits per heavy atom. The normalized spacial score (nSPS) is 10.6. The van der Waals surface area contributed by atoms with E-state index in [1.165, 1.54) is 41.7 Å². The molecule has 0 bridgehead atoms. The van der Waals surface area contributed by atoms with Crippen molar-refractivity contribution in [1.29, 1.82) is 0 Å². The van der Waals surface area contributed by atoms with Crippen molar-refractivity contribution in [2.24, 2.45) is 0 Å². The number of thiazole rings is 1. The number of hydrogen-bond acceptors (Lipinski definition) is 7. The number of nitrogens with zero attached hydrogens (tertiary/aromatic N) is 2. The van der Waals surface area contributed by atoms with Gasteiger partial charge in [-0.15, -0.1) is 11.3 Å². The van der Waals surface area contributed by atoms with Crippen LogP contribution >= 0.6 is 11.3 Å². The molecule has 134 valence electrons. The van der Waals surface area contributed by atoms with E-state index in [4.69, 9.17) is 0 Å². The minimum atomic E-state index is -1.23. The molecule has 0 aliphatic heterocycles. The van der Waals surface area contributed by atoms with Crippen molar-refractivity contribution in [3.8, 4) is 17.2 Å². The van der Waals surface area contributed by atoms with E-state index >= 15 is 0 Å². The third kappa shape index (κ3) is 3.86. The lowest BCUT2D eigenvalue weighted by atomic mass is 10.1. The van der Waals surface area contributed by atoms with Gasteiger partial charge in [0.25, 0.3) is 0 Å². The predicted octanol–water partition coefficient (Wildman–Crippen LogP) is 3.16. The van der Waals surface area contributed by atoms with Gasteiger partial charge in [0.1, 0.15) is 22.8 Å². The second-order valence-corrected chi connectivity index (χ2v) is 6.61. The van der Waals surface area contributed by atoms with Crippen molar-refractivity contribution in [2.45, 2.75) is 13.1 Å². The topological polar surface area (TPSA) is 114 Å². The summed E-state index contributed by atoms with van der Waals surface area (Å²) in [7, 11) is 0. The van der Waals surface area contributed by atoms with Gasteiger partial charge in [0.2, 0.25) is 0 Å². The molecule has 4 N–H and O–H groups in total. The van der Waals surface area contributed by atoms with E-state index in [1.807, 2.05) is 4.90 Å². The molecule has 7 nitrogen and oxygen atoms in total. The number of rotatable bonds is 6. The predicted molar refractivity (Wildman–Crippen MR) is 96.8 cm³/mol. The monoisotopic (exact) mass is 372 g/mol. The van der Waals surface area contributed by atoms with E-state index in [0.717, 1.165) is 4.88 Å². The lowest BCUT2D eigenvalue weighted by Crippen LogP contribution is -2.22. The molecule has 0 saturated heterocycles. The van der Waals surface area contributed by atoms with Crippen molar-refractivity contribution < 1.29 is 25.2 Å². The highest BCUT2D eigenvalue weighted by Crippen LogP contribution is 2.30. The van der Waals surface area contributed by atoms with Crippen LogP contribution in [0.3, 0.4) is 0 Å². The Kier molecular flexibility index (Phi) is 4.94. The van der Waals surface area contributed by atoms with Gasteiger partial charge in [-0.3, -0.25) is 4.98 Å². The summed E-state index contributed by atoms with van der Waals surface area (Å²) in [6.07, 6.45) is 1.71. The molecule has 0 aliphatic rings. The molecule has 1 aromatic heterocycles. The van der Waals surface area contributed by atoms with Crippen LogP contribution in [0.25, 0.3) is 0 Å². The highest BCUT2D eigenvalue weighted by Gasteiger charge is 2.17. The zero-order valence-electron chi connectivity index (χ0n) is 13.5. The largest absolute Gasteiger partial charge is 0.508 e. The first-order valence-electron chi connectivity index (χ1n) is 7.63. The number of benzene rings is 2. The zero-order valence-corrected chi connectivity index (χ0v) is 14.3. The highest BCUT2D eigenvalue weighted by atomic mass is 32.1. The maximum atomic E-state index is 11.3. The molecule has 0 aliphatic carbocycles. The molecule has 0 radical (unpaired) electrons. The second kappa shape index (κ2) is 7.32. The number of anilines is 1. The van der Waals surface area contributed by atoms with Gasteiger partial charge in [-0.1, -0.05) is 0 Å². The Hall–Kier alpha value is -3.26. The van der Waals surface area contributed by atoms with Crippen molar-refractivity contribution in [2.75, 3.05) is 4.90 Å². The fraction of sp³-hybridized carbons (Fsp3) is 0.111. The van der Waals surface area contributed by atoms with Crippen LogP contribution in [0.5, 0.6) is 17.2 Å². The van der Waals surface area contributed by atoms with Crippen LogP contribution in [0.2, 0.25) is 0 Å². The Morgan fingerprint density at radius 3 is 2.50 bits per heavy atom. The van der Waals surface area contributed by atoms with Crippen LogP contribution in [-0.4, -0.2) is 31.4 Å². The van der Waals surface area contributed by atoms with Crippen molar-refractivity contribution in [1.82, 2.24) is 4.98 Å². The maximum Gasteiger partial charge on any atom is 0.339 e. The number of carboxylic acids is 1. The second-order valence-electron chi connectivity index (χ2n) is 5.64. The molecule has 0 fully saturated rings. The Bertz CT molecular complexity index is 927. The zero-order chi connectivity index (χ0) is 18.7. The van der Waals surface area contributed by atoms with E-state index in [-0.39, 0.29) is 29.4 Å². The molecule has 3 rings (SSSR count). The summed E-state index contributed by atoms with van der Waals surface area (Å²) >= 11 is 1.45. The first-order chi connectivity index (χ1) is 12.4. The number of hydrogen-bond donors (Lipinski definition) is 4. The Balaban J connectivity index is 1.99. The first-order valence-corrected chi connectivity index (χ1v) is 8.51. The summed E-state index contributed by atoms with van der Waals surface area (Å²) in [5.74, 6) is -1.51. The summed E-state index contributed by atoms with van der Waals surface area (Å²) < 4.78 is 0. The molecular formula is C18H16N2O5S. The summed E-state index contributed by atoms with van der Waals surface area (Å²) in [6.45, 7) is 0.644. The smallest absolute Gasteiger partial charge is 0.339 e. The van der Waals surface area contributed by atoms with Crippen molar-refractivity contribution >= 4 is 23.0 Å². The van der Waals surface area contributed by atoms with E-state index in [1.54, 1.807) is 17.8 Å². The van der Waals surface area contributed by atoms with E-state index in [2.05, 4.69) is 4.98 Å². The van der Waals surface area contributed by atoms with Crippen LogP contribution in [0, 0.1) is 0 Å². The Morgan fingerprint density at radius 1 is 1.04 bits per heavy atom. The minimum Gasteiger partial charge on any atom is -0.508 e. The van der Waals surface area contributed by atoms with E-state index < -0.39 is 5.97 Å². The quantitative estimate of drug-likeness (QED) is 0.491. The summed E-state index contributed by atoms with van der Waals surface area (Å²) in [4.78, 5) is 18.1. The lowest BCUT2D eigenvalue weighted by Gasteiger charge is -2.25. The molecule has 8 heteroatoms. The van der Waals surface area contributed by atoms with Gasteiger partial charge in [-0.05, 0) is 36.4 Å². The summed E-state index contributed by atoms with van der Waals surface area (Å²) in [5, 5.41) is 38.7. The molecule has 1 heterocycles. The molecular weight excluding hydrogens is 356 g/mol. The van der Waals surface area contributed by atoms with Gasteiger partial charge in [0, 0.05) is 28.9 Å². The SMILES string of the molecule is O=C(O)c1cc(N(Cc2cncs2)Cc2cc(O)ccc2O)ccc1O. The van der Waals surface area contributed by atoms with Crippen molar-refractivity contribution in [3.05, 3.63) is 64.1 Å². The van der Waals surface area contributed by atoms with Gasteiger partial charge in [-0.2, -0.15) is 0 Å². The third-order valence-corrected chi connectivity index (χ3v) is 4.59. The summed E-state index contributed by atoms with van der Waals surface area (Å²) in [6, 6.07) is 8.53. The molecule has 2 aromatic carbocycles. The van der Waals surface area contributed by atoms with Crippen LogP contribution in [0.1, 0.15) is 20.8 Å². The van der Waals surface area contributed by atoms with Gasteiger partial charge < -0.3 is 25.3 Å².